The number of methoxy groups -OCH3 is 1. The van der Waals surface area contributed by atoms with Crippen LogP contribution in [0.15, 0.2) is 60.7 Å². The minimum atomic E-state index is -3.69. The number of hydrogen-bond donors (Lipinski definition) is 1. The van der Waals surface area contributed by atoms with Crippen LogP contribution in [0.1, 0.15) is 17.2 Å². The molecule has 0 fully saturated rings. The maximum absolute atomic E-state index is 12.3. The summed E-state index contributed by atoms with van der Waals surface area (Å²) in [4.78, 5) is 11.9. The highest BCUT2D eigenvalue weighted by Gasteiger charge is 2.26. The van der Waals surface area contributed by atoms with Crippen molar-refractivity contribution in [3.05, 3.63) is 71.8 Å². The number of nitrogens with one attached hydrogen (secondary N) is 1. The normalized spacial score (nSPS) is 12.6. The van der Waals surface area contributed by atoms with Crippen LogP contribution in [0.25, 0.3) is 0 Å². The van der Waals surface area contributed by atoms with E-state index in [4.69, 9.17) is 4.74 Å². The lowest BCUT2D eigenvalue weighted by Gasteiger charge is -2.17. The lowest BCUT2D eigenvalue weighted by Crippen LogP contribution is -2.35. The average Bonchev–Trinajstić information content (AvgIpc) is 2.53. The Bertz CT molecular complexity index is 714. The largest absolute Gasteiger partial charge is 0.468 e. The maximum atomic E-state index is 12.3. The summed E-state index contributed by atoms with van der Waals surface area (Å²) in [6.07, 6.45) is 0. The Hall–Kier alpha value is -2.18. The summed E-state index contributed by atoms with van der Waals surface area (Å²) in [5.74, 6) is -0.850. The van der Waals surface area contributed by atoms with Crippen molar-refractivity contribution in [1.29, 1.82) is 0 Å². The first kappa shape index (κ1) is 16.2. The Morgan fingerprint density at radius 3 is 2.14 bits per heavy atom. The molecular weight excluding hydrogens is 302 g/mol. The second kappa shape index (κ2) is 7.20. The summed E-state index contributed by atoms with van der Waals surface area (Å²) in [5.41, 5.74) is 1.18. The van der Waals surface area contributed by atoms with Gasteiger partial charge in [0.25, 0.3) is 0 Å². The molecule has 6 heteroatoms. The van der Waals surface area contributed by atoms with Crippen LogP contribution >= 0.6 is 0 Å². The van der Waals surface area contributed by atoms with Crippen LogP contribution in [0.5, 0.6) is 0 Å². The molecule has 0 aliphatic heterocycles. The van der Waals surface area contributed by atoms with E-state index in [0.717, 1.165) is 0 Å². The maximum Gasteiger partial charge on any atom is 0.328 e. The van der Waals surface area contributed by atoms with Gasteiger partial charge in [0.2, 0.25) is 10.0 Å². The van der Waals surface area contributed by atoms with Gasteiger partial charge in [-0.25, -0.2) is 13.2 Å². The summed E-state index contributed by atoms with van der Waals surface area (Å²) < 4.78 is 31.7. The van der Waals surface area contributed by atoms with Crippen LogP contribution in [-0.2, 0) is 25.3 Å². The SMILES string of the molecule is COC(=O)[C@H](NS(=O)(=O)Cc1ccccc1)c1ccccc1. The summed E-state index contributed by atoms with van der Waals surface area (Å²) in [6, 6.07) is 16.3. The molecule has 0 heterocycles. The van der Waals surface area contributed by atoms with Crippen LogP contribution in [-0.4, -0.2) is 21.5 Å². The Morgan fingerprint density at radius 2 is 1.59 bits per heavy atom. The summed E-state index contributed by atoms with van der Waals surface area (Å²) in [5, 5.41) is 0. The van der Waals surface area contributed by atoms with Crippen molar-refractivity contribution in [2.75, 3.05) is 7.11 Å². The van der Waals surface area contributed by atoms with E-state index in [1.54, 1.807) is 54.6 Å². The molecule has 5 nitrogen and oxygen atoms in total. The summed E-state index contributed by atoms with van der Waals surface area (Å²) in [7, 11) is -2.46. The molecule has 2 aromatic rings. The molecular formula is C16H17NO4S. The van der Waals surface area contributed by atoms with Crippen LogP contribution in [0, 0.1) is 0 Å². The second-order valence-electron chi connectivity index (χ2n) is 4.73. The highest BCUT2D eigenvalue weighted by molar-refractivity contribution is 7.88. The monoisotopic (exact) mass is 319 g/mol. The topological polar surface area (TPSA) is 72.5 Å². The molecule has 0 amide bonds. The van der Waals surface area contributed by atoms with Gasteiger partial charge < -0.3 is 4.74 Å². The van der Waals surface area contributed by atoms with E-state index in [0.29, 0.717) is 11.1 Å². The standard InChI is InChI=1S/C16H17NO4S/c1-21-16(18)15(14-10-6-3-7-11-14)17-22(19,20)12-13-8-4-2-5-9-13/h2-11,15,17H,12H2,1H3/t15-/m1/s1. The van der Waals surface area contributed by atoms with E-state index < -0.39 is 22.0 Å². The first-order chi connectivity index (χ1) is 10.5. The molecule has 1 atom stereocenters. The van der Waals surface area contributed by atoms with Crippen molar-refractivity contribution in [3.63, 3.8) is 0 Å². The van der Waals surface area contributed by atoms with Crippen molar-refractivity contribution in [1.82, 2.24) is 4.72 Å². The van der Waals surface area contributed by atoms with Gasteiger partial charge in [-0.05, 0) is 11.1 Å². The van der Waals surface area contributed by atoms with Gasteiger partial charge in [-0.2, -0.15) is 4.72 Å². The van der Waals surface area contributed by atoms with Gasteiger partial charge in [0.15, 0.2) is 0 Å². The van der Waals surface area contributed by atoms with E-state index >= 15 is 0 Å². The average molecular weight is 319 g/mol. The Morgan fingerprint density at radius 1 is 1.05 bits per heavy atom. The van der Waals surface area contributed by atoms with E-state index in [1.165, 1.54) is 7.11 Å². The highest BCUT2D eigenvalue weighted by Crippen LogP contribution is 2.16. The minimum Gasteiger partial charge on any atom is -0.468 e. The zero-order valence-corrected chi connectivity index (χ0v) is 12.9. The third-order valence-electron chi connectivity index (χ3n) is 3.07. The number of rotatable bonds is 6. The first-order valence-corrected chi connectivity index (χ1v) is 8.34. The Labute approximate surface area is 130 Å². The number of ether oxygens (including phenoxy) is 1. The number of sulfonamides is 1. The molecule has 0 aliphatic carbocycles. The fourth-order valence-electron chi connectivity index (χ4n) is 2.03. The lowest BCUT2D eigenvalue weighted by molar-refractivity contribution is -0.142. The van der Waals surface area contributed by atoms with Crippen LogP contribution in [0.4, 0.5) is 0 Å². The zero-order valence-electron chi connectivity index (χ0n) is 12.1. The molecule has 0 saturated carbocycles. The molecule has 0 aliphatic rings. The van der Waals surface area contributed by atoms with Crippen molar-refractivity contribution < 1.29 is 17.9 Å². The summed E-state index contributed by atoms with van der Waals surface area (Å²) >= 11 is 0. The van der Waals surface area contributed by atoms with Crippen molar-refractivity contribution in [3.8, 4) is 0 Å². The molecule has 22 heavy (non-hydrogen) atoms. The Kier molecular flexibility index (Phi) is 5.30. The third kappa shape index (κ3) is 4.41. The number of carbonyl (C=O) groups is 1. The number of hydrogen-bond acceptors (Lipinski definition) is 4. The second-order valence-corrected chi connectivity index (χ2v) is 6.48. The fraction of sp³-hybridized carbons (Fsp3) is 0.188. The molecule has 1 N–H and O–H groups in total. The smallest absolute Gasteiger partial charge is 0.328 e. The molecule has 0 aromatic heterocycles. The fourth-order valence-corrected chi connectivity index (χ4v) is 3.34. The van der Waals surface area contributed by atoms with Crippen LogP contribution in [0.3, 0.4) is 0 Å². The predicted octanol–water partition coefficient (Wildman–Crippen LogP) is 2.02. The van der Waals surface area contributed by atoms with E-state index in [2.05, 4.69) is 4.72 Å². The Balaban J connectivity index is 2.21. The molecule has 0 radical (unpaired) electrons. The van der Waals surface area contributed by atoms with Gasteiger partial charge in [-0.3, -0.25) is 0 Å². The number of benzene rings is 2. The van der Waals surface area contributed by atoms with Crippen molar-refractivity contribution >= 4 is 16.0 Å². The quantitative estimate of drug-likeness (QED) is 0.827. The highest BCUT2D eigenvalue weighted by atomic mass is 32.2. The summed E-state index contributed by atoms with van der Waals surface area (Å²) in [6.45, 7) is 0. The molecule has 0 bridgehead atoms. The zero-order chi connectivity index (χ0) is 16.0. The molecule has 116 valence electrons. The lowest BCUT2D eigenvalue weighted by atomic mass is 10.1. The molecule has 0 saturated heterocycles. The van der Waals surface area contributed by atoms with Crippen molar-refractivity contribution in [2.45, 2.75) is 11.8 Å². The van der Waals surface area contributed by atoms with Crippen LogP contribution < -0.4 is 4.72 Å². The van der Waals surface area contributed by atoms with Gasteiger partial charge in [0.1, 0.15) is 6.04 Å². The number of esters is 1. The van der Waals surface area contributed by atoms with Gasteiger partial charge in [0, 0.05) is 0 Å². The molecule has 2 rings (SSSR count). The molecule has 0 spiro atoms. The van der Waals surface area contributed by atoms with E-state index in [9.17, 15) is 13.2 Å². The molecule has 2 aromatic carbocycles. The van der Waals surface area contributed by atoms with Crippen molar-refractivity contribution in [2.24, 2.45) is 0 Å². The van der Waals surface area contributed by atoms with Gasteiger partial charge >= 0.3 is 5.97 Å². The predicted molar refractivity (Wildman–Crippen MR) is 83.4 cm³/mol. The van der Waals surface area contributed by atoms with Crippen LogP contribution in [0.2, 0.25) is 0 Å². The van der Waals surface area contributed by atoms with Gasteiger partial charge in [-0.15, -0.1) is 0 Å². The van der Waals surface area contributed by atoms with E-state index in [-0.39, 0.29) is 5.75 Å². The number of carbonyl (C=O) groups excluding carboxylic acids is 1. The van der Waals surface area contributed by atoms with E-state index in [1.807, 2.05) is 6.07 Å². The minimum absolute atomic E-state index is 0.200. The first-order valence-electron chi connectivity index (χ1n) is 6.68. The van der Waals surface area contributed by atoms with Gasteiger partial charge in [-0.1, -0.05) is 60.7 Å². The van der Waals surface area contributed by atoms with Gasteiger partial charge in [0.05, 0.1) is 12.9 Å². The third-order valence-corrected chi connectivity index (χ3v) is 4.37. The molecule has 0 unspecified atom stereocenters.